The molecule has 0 amide bonds. The predicted octanol–water partition coefficient (Wildman–Crippen LogP) is 0.968. The van der Waals surface area contributed by atoms with Gasteiger partial charge < -0.3 is 4.90 Å². The molecule has 1 saturated heterocycles. The molecule has 0 saturated carbocycles. The van der Waals surface area contributed by atoms with Crippen LogP contribution in [-0.2, 0) is 10.0 Å². The van der Waals surface area contributed by atoms with Crippen LogP contribution >= 0.6 is 0 Å². The van der Waals surface area contributed by atoms with Crippen molar-refractivity contribution in [3.05, 3.63) is 29.6 Å². The Morgan fingerprint density at radius 2 is 2.26 bits per heavy atom. The van der Waals surface area contributed by atoms with Crippen LogP contribution in [0.15, 0.2) is 23.1 Å². The summed E-state index contributed by atoms with van der Waals surface area (Å²) in [4.78, 5) is 1.44. The second kappa shape index (κ2) is 5.15. The van der Waals surface area contributed by atoms with Crippen LogP contribution in [0.1, 0.15) is 12.0 Å². The Hall–Kier alpha value is -1.65. The van der Waals surface area contributed by atoms with Gasteiger partial charge in [0.05, 0.1) is 4.90 Å². The third kappa shape index (κ3) is 3.03. The molecule has 1 aromatic carbocycles. The third-order valence-corrected chi connectivity index (χ3v) is 4.75. The van der Waals surface area contributed by atoms with Gasteiger partial charge in [-0.3, -0.25) is 0 Å². The molecular formula is C12H14FN3O2S. The van der Waals surface area contributed by atoms with Crippen LogP contribution in [0.4, 0.5) is 4.39 Å². The quantitative estimate of drug-likeness (QED) is 0.839. The van der Waals surface area contributed by atoms with E-state index in [4.69, 9.17) is 5.26 Å². The van der Waals surface area contributed by atoms with Crippen molar-refractivity contribution in [1.82, 2.24) is 9.62 Å². The summed E-state index contributed by atoms with van der Waals surface area (Å²) < 4.78 is 40.0. The van der Waals surface area contributed by atoms with Crippen LogP contribution < -0.4 is 4.72 Å². The first kappa shape index (κ1) is 13.8. The van der Waals surface area contributed by atoms with E-state index >= 15 is 0 Å². The molecule has 0 aromatic heterocycles. The molecule has 1 aliphatic heterocycles. The summed E-state index contributed by atoms with van der Waals surface area (Å²) in [6.07, 6.45) is 2.55. The van der Waals surface area contributed by atoms with E-state index in [0.717, 1.165) is 6.07 Å². The molecule has 19 heavy (non-hydrogen) atoms. The Morgan fingerprint density at radius 3 is 2.89 bits per heavy atom. The third-order valence-electron chi connectivity index (χ3n) is 3.09. The van der Waals surface area contributed by atoms with E-state index in [1.54, 1.807) is 6.92 Å². The van der Waals surface area contributed by atoms with Gasteiger partial charge in [0.2, 0.25) is 10.0 Å². The lowest BCUT2D eigenvalue weighted by molar-refractivity contribution is 0.470. The second-order valence-corrected chi connectivity index (χ2v) is 6.25. The number of sulfonamides is 1. The summed E-state index contributed by atoms with van der Waals surface area (Å²) in [5.74, 6) is -0.587. The standard InChI is InChI=1S/C12H14FN3O2S/c1-9-2-3-10(13)6-12(9)19(17,18)15-11-4-5-16(7-11)8-14/h2-3,6,11,15H,4-5,7H2,1H3/t11-/m1/s1. The van der Waals surface area contributed by atoms with Gasteiger partial charge in [-0.1, -0.05) is 6.07 Å². The van der Waals surface area contributed by atoms with E-state index in [1.807, 2.05) is 6.19 Å². The molecule has 1 aliphatic rings. The summed E-state index contributed by atoms with van der Waals surface area (Å²) >= 11 is 0. The van der Waals surface area contributed by atoms with Crippen molar-refractivity contribution >= 4 is 10.0 Å². The number of rotatable bonds is 3. The topological polar surface area (TPSA) is 73.2 Å². The zero-order valence-electron chi connectivity index (χ0n) is 10.4. The van der Waals surface area contributed by atoms with Crippen molar-refractivity contribution in [2.24, 2.45) is 0 Å². The number of likely N-dealkylation sites (tertiary alicyclic amines) is 1. The molecule has 0 bridgehead atoms. The molecule has 1 atom stereocenters. The second-order valence-electron chi connectivity index (χ2n) is 4.56. The minimum atomic E-state index is -3.75. The van der Waals surface area contributed by atoms with Crippen LogP contribution in [0.2, 0.25) is 0 Å². The van der Waals surface area contributed by atoms with Crippen LogP contribution in [-0.4, -0.2) is 32.4 Å². The molecule has 5 nitrogen and oxygen atoms in total. The average molecular weight is 283 g/mol. The van der Waals surface area contributed by atoms with Crippen molar-refractivity contribution in [3.8, 4) is 6.19 Å². The fourth-order valence-electron chi connectivity index (χ4n) is 2.09. The van der Waals surface area contributed by atoms with Gasteiger partial charge in [-0.2, -0.15) is 5.26 Å². The van der Waals surface area contributed by atoms with Gasteiger partial charge >= 0.3 is 0 Å². The Bertz CT molecular complexity index is 624. The maximum atomic E-state index is 13.2. The molecule has 2 rings (SSSR count). The lowest BCUT2D eigenvalue weighted by Gasteiger charge is -2.14. The van der Waals surface area contributed by atoms with E-state index in [9.17, 15) is 12.8 Å². The molecule has 1 heterocycles. The molecule has 102 valence electrons. The summed E-state index contributed by atoms with van der Waals surface area (Å²) in [7, 11) is -3.75. The van der Waals surface area contributed by atoms with Gasteiger partial charge in [-0.05, 0) is 31.0 Å². The van der Waals surface area contributed by atoms with Crippen molar-refractivity contribution in [1.29, 1.82) is 5.26 Å². The number of hydrogen-bond acceptors (Lipinski definition) is 4. The highest BCUT2D eigenvalue weighted by molar-refractivity contribution is 7.89. The van der Waals surface area contributed by atoms with E-state index in [1.165, 1.54) is 17.0 Å². The summed E-state index contributed by atoms with van der Waals surface area (Å²) in [5, 5.41) is 8.73. The van der Waals surface area contributed by atoms with Gasteiger partial charge in [0, 0.05) is 19.1 Å². The summed E-state index contributed by atoms with van der Waals surface area (Å²) in [6.45, 7) is 2.50. The predicted molar refractivity (Wildman–Crippen MR) is 67.0 cm³/mol. The molecule has 0 spiro atoms. The fourth-order valence-corrected chi connectivity index (χ4v) is 3.61. The number of nitrogens with one attached hydrogen (secondary N) is 1. The SMILES string of the molecule is Cc1ccc(F)cc1S(=O)(=O)N[C@@H]1CCN(C#N)C1. The van der Waals surface area contributed by atoms with Gasteiger partial charge in [-0.15, -0.1) is 0 Å². The Balaban J connectivity index is 2.20. The maximum absolute atomic E-state index is 13.2. The normalized spacial score (nSPS) is 19.4. The summed E-state index contributed by atoms with van der Waals surface area (Å²) in [5.41, 5.74) is 0.490. The Kier molecular flexibility index (Phi) is 3.73. The lowest BCUT2D eigenvalue weighted by atomic mass is 10.2. The summed E-state index contributed by atoms with van der Waals surface area (Å²) in [6, 6.07) is 3.35. The number of aryl methyl sites for hydroxylation is 1. The maximum Gasteiger partial charge on any atom is 0.241 e. The van der Waals surface area contributed by atoms with Gasteiger partial charge in [0.1, 0.15) is 5.82 Å². The first-order valence-corrected chi connectivity index (χ1v) is 7.34. The average Bonchev–Trinajstić information content (AvgIpc) is 2.79. The number of hydrogen-bond donors (Lipinski definition) is 1. The zero-order valence-corrected chi connectivity index (χ0v) is 11.2. The molecule has 0 unspecified atom stereocenters. The van der Waals surface area contributed by atoms with Crippen LogP contribution in [0, 0.1) is 24.2 Å². The molecule has 1 N–H and O–H groups in total. The van der Waals surface area contributed by atoms with Crippen LogP contribution in [0.5, 0.6) is 0 Å². The first-order chi connectivity index (χ1) is 8.92. The fraction of sp³-hybridized carbons (Fsp3) is 0.417. The first-order valence-electron chi connectivity index (χ1n) is 5.85. The molecule has 0 aliphatic carbocycles. The highest BCUT2D eigenvalue weighted by Crippen LogP contribution is 2.18. The molecule has 1 fully saturated rings. The largest absolute Gasteiger partial charge is 0.309 e. The number of halogens is 1. The van der Waals surface area contributed by atoms with E-state index in [0.29, 0.717) is 25.1 Å². The van der Waals surface area contributed by atoms with E-state index in [2.05, 4.69) is 4.72 Å². The van der Waals surface area contributed by atoms with E-state index in [-0.39, 0.29) is 10.9 Å². The van der Waals surface area contributed by atoms with Crippen molar-refractivity contribution in [2.75, 3.05) is 13.1 Å². The van der Waals surface area contributed by atoms with Crippen molar-refractivity contribution in [3.63, 3.8) is 0 Å². The molecule has 0 radical (unpaired) electrons. The van der Waals surface area contributed by atoms with Crippen molar-refractivity contribution in [2.45, 2.75) is 24.3 Å². The van der Waals surface area contributed by atoms with Gasteiger partial charge in [0.25, 0.3) is 0 Å². The molecule has 1 aromatic rings. The zero-order chi connectivity index (χ0) is 14.0. The smallest absolute Gasteiger partial charge is 0.241 e. The molecular weight excluding hydrogens is 269 g/mol. The minimum absolute atomic E-state index is 0.0529. The minimum Gasteiger partial charge on any atom is -0.309 e. The van der Waals surface area contributed by atoms with E-state index < -0.39 is 15.8 Å². The Morgan fingerprint density at radius 1 is 1.53 bits per heavy atom. The lowest BCUT2D eigenvalue weighted by Crippen LogP contribution is -2.36. The van der Waals surface area contributed by atoms with Gasteiger partial charge in [-0.25, -0.2) is 17.5 Å². The van der Waals surface area contributed by atoms with Crippen LogP contribution in [0.25, 0.3) is 0 Å². The Labute approximate surface area is 111 Å². The van der Waals surface area contributed by atoms with Gasteiger partial charge in [0.15, 0.2) is 6.19 Å². The molecule has 7 heteroatoms. The number of nitriles is 1. The van der Waals surface area contributed by atoms with Crippen molar-refractivity contribution < 1.29 is 12.8 Å². The monoisotopic (exact) mass is 283 g/mol. The highest BCUT2D eigenvalue weighted by Gasteiger charge is 2.27. The highest BCUT2D eigenvalue weighted by atomic mass is 32.2. The number of benzene rings is 1. The van der Waals surface area contributed by atoms with Crippen LogP contribution in [0.3, 0.4) is 0 Å². The number of nitrogens with zero attached hydrogens (tertiary/aromatic N) is 2.